The largest absolute Gasteiger partial charge is 0.460 e. The summed E-state index contributed by atoms with van der Waals surface area (Å²) in [5, 5.41) is 9.06. The lowest BCUT2D eigenvalue weighted by Crippen LogP contribution is -2.32. The van der Waals surface area contributed by atoms with Crippen molar-refractivity contribution in [1.29, 1.82) is 0 Å². The second kappa shape index (κ2) is 5.82. The van der Waals surface area contributed by atoms with Crippen LogP contribution in [0.25, 0.3) is 11.3 Å². The Morgan fingerprint density at radius 1 is 1.32 bits per heavy atom. The van der Waals surface area contributed by atoms with Crippen LogP contribution >= 0.6 is 0 Å². The molecule has 2 aromatic rings. The van der Waals surface area contributed by atoms with Gasteiger partial charge in [0.05, 0.1) is 13.2 Å². The molecule has 1 aromatic heterocycles. The molecule has 1 saturated heterocycles. The van der Waals surface area contributed by atoms with E-state index in [0.717, 1.165) is 16.9 Å². The maximum absolute atomic E-state index is 14.0. The molecule has 0 saturated carbocycles. The molecule has 118 valence electrons. The average molecular weight is 307 g/mol. The Balaban J connectivity index is 1.72. The summed E-state index contributed by atoms with van der Waals surface area (Å²) in [6.45, 7) is 2.71. The maximum Gasteiger partial charge on any atom is 0.147 e. The highest BCUT2D eigenvalue weighted by molar-refractivity contribution is 5.62. The fraction of sp³-hybridized carbons (Fsp3) is 0.412. The molecule has 0 spiro atoms. The monoisotopic (exact) mass is 307 g/mol. The third-order valence-corrected chi connectivity index (χ3v) is 4.16. The summed E-state index contributed by atoms with van der Waals surface area (Å²) in [5.41, 5.74) is 0.164. The van der Waals surface area contributed by atoms with E-state index in [2.05, 4.69) is 0 Å². The van der Waals surface area contributed by atoms with Crippen molar-refractivity contribution >= 4 is 0 Å². The van der Waals surface area contributed by atoms with Gasteiger partial charge in [-0.3, -0.25) is 4.90 Å². The molecule has 1 atom stereocenters. The van der Waals surface area contributed by atoms with Gasteiger partial charge in [-0.05, 0) is 49.2 Å². The standard InChI is InChI=1S/C17H19F2NO2/c1-12-8-13(18)2-4-15(12)16-5-3-14(22-16)9-20-7-6-17(19,10-20)11-21/h2-5,8,21H,6-7,9-11H2,1H3. The third-order valence-electron chi connectivity index (χ3n) is 4.16. The molecule has 3 nitrogen and oxygen atoms in total. The number of alkyl halides is 1. The number of aliphatic hydroxyl groups excluding tert-OH is 1. The Kier molecular flexibility index (Phi) is 4.02. The smallest absolute Gasteiger partial charge is 0.147 e. The molecule has 0 radical (unpaired) electrons. The first-order chi connectivity index (χ1) is 10.5. The van der Waals surface area contributed by atoms with Gasteiger partial charge >= 0.3 is 0 Å². The zero-order valence-electron chi connectivity index (χ0n) is 12.5. The summed E-state index contributed by atoms with van der Waals surface area (Å²) in [4.78, 5) is 1.93. The number of rotatable bonds is 4. The second-order valence-electron chi connectivity index (χ2n) is 5.99. The number of hydrogen-bond donors (Lipinski definition) is 1. The van der Waals surface area contributed by atoms with E-state index in [1.54, 1.807) is 6.07 Å². The number of halogens is 2. The lowest BCUT2D eigenvalue weighted by molar-refractivity contribution is 0.0761. The van der Waals surface area contributed by atoms with E-state index in [0.29, 0.717) is 25.3 Å². The summed E-state index contributed by atoms with van der Waals surface area (Å²) < 4.78 is 33.0. The molecule has 22 heavy (non-hydrogen) atoms. The number of nitrogens with zero attached hydrogens (tertiary/aromatic N) is 1. The van der Waals surface area contributed by atoms with Crippen LogP contribution in [0, 0.1) is 12.7 Å². The van der Waals surface area contributed by atoms with Crippen LogP contribution in [0.5, 0.6) is 0 Å². The van der Waals surface area contributed by atoms with Gasteiger partial charge in [0.25, 0.3) is 0 Å². The van der Waals surface area contributed by atoms with Crippen LogP contribution in [0.4, 0.5) is 8.78 Å². The lowest BCUT2D eigenvalue weighted by atomic mass is 10.1. The molecule has 0 bridgehead atoms. The lowest BCUT2D eigenvalue weighted by Gasteiger charge is -2.17. The van der Waals surface area contributed by atoms with E-state index in [9.17, 15) is 8.78 Å². The van der Waals surface area contributed by atoms with Crippen molar-refractivity contribution in [3.05, 3.63) is 47.5 Å². The molecule has 1 aliphatic rings. The van der Waals surface area contributed by atoms with Gasteiger partial charge < -0.3 is 9.52 Å². The van der Waals surface area contributed by atoms with Crippen molar-refractivity contribution < 1.29 is 18.3 Å². The summed E-state index contributed by atoms with van der Waals surface area (Å²) in [5.74, 6) is 1.15. The van der Waals surface area contributed by atoms with Crippen LogP contribution in [0.2, 0.25) is 0 Å². The number of furan rings is 1. The number of likely N-dealkylation sites (tertiary alicyclic amines) is 1. The predicted octanol–water partition coefficient (Wildman–Crippen LogP) is 3.30. The van der Waals surface area contributed by atoms with Crippen molar-refractivity contribution in [2.75, 3.05) is 19.7 Å². The summed E-state index contributed by atoms with van der Waals surface area (Å²) >= 11 is 0. The van der Waals surface area contributed by atoms with E-state index in [-0.39, 0.29) is 12.4 Å². The van der Waals surface area contributed by atoms with Gasteiger partial charge in [-0.2, -0.15) is 0 Å². The van der Waals surface area contributed by atoms with Crippen molar-refractivity contribution in [2.45, 2.75) is 25.6 Å². The fourth-order valence-corrected chi connectivity index (χ4v) is 2.91. The summed E-state index contributed by atoms with van der Waals surface area (Å²) in [7, 11) is 0. The molecule has 1 N–H and O–H groups in total. The molecule has 1 aliphatic heterocycles. The molecule has 1 fully saturated rings. The zero-order chi connectivity index (χ0) is 15.7. The minimum atomic E-state index is -1.50. The van der Waals surface area contributed by atoms with Gasteiger partial charge in [0.15, 0.2) is 0 Å². The van der Waals surface area contributed by atoms with E-state index in [4.69, 9.17) is 9.52 Å². The van der Waals surface area contributed by atoms with E-state index >= 15 is 0 Å². The normalized spacial score (nSPS) is 22.4. The third kappa shape index (κ3) is 3.05. The molecule has 3 rings (SSSR count). The van der Waals surface area contributed by atoms with Crippen LogP contribution < -0.4 is 0 Å². The Hall–Kier alpha value is -1.72. The minimum absolute atomic E-state index is 0.217. The summed E-state index contributed by atoms with van der Waals surface area (Å²) in [6.07, 6.45) is 0.341. The zero-order valence-corrected chi connectivity index (χ0v) is 12.5. The van der Waals surface area contributed by atoms with Gasteiger partial charge in [0.1, 0.15) is 23.0 Å². The number of aliphatic hydroxyl groups is 1. The van der Waals surface area contributed by atoms with Crippen molar-refractivity contribution in [3.63, 3.8) is 0 Å². The molecule has 5 heteroatoms. The van der Waals surface area contributed by atoms with Gasteiger partial charge in [-0.25, -0.2) is 8.78 Å². The van der Waals surface area contributed by atoms with Crippen molar-refractivity contribution in [2.24, 2.45) is 0 Å². The predicted molar refractivity (Wildman–Crippen MR) is 79.7 cm³/mol. The summed E-state index contributed by atoms with van der Waals surface area (Å²) in [6, 6.07) is 8.28. The van der Waals surface area contributed by atoms with Crippen molar-refractivity contribution in [3.8, 4) is 11.3 Å². The second-order valence-corrected chi connectivity index (χ2v) is 5.99. The minimum Gasteiger partial charge on any atom is -0.460 e. The fourth-order valence-electron chi connectivity index (χ4n) is 2.91. The van der Waals surface area contributed by atoms with Gasteiger partial charge in [0.2, 0.25) is 0 Å². The molecule has 0 amide bonds. The van der Waals surface area contributed by atoms with E-state index in [1.165, 1.54) is 12.1 Å². The van der Waals surface area contributed by atoms with Gasteiger partial charge in [-0.1, -0.05) is 0 Å². The SMILES string of the molecule is Cc1cc(F)ccc1-c1ccc(CN2CCC(F)(CO)C2)o1. The number of aryl methyl sites for hydroxylation is 1. The Bertz CT molecular complexity index is 670. The number of benzene rings is 1. The highest BCUT2D eigenvalue weighted by Crippen LogP contribution is 2.29. The van der Waals surface area contributed by atoms with E-state index < -0.39 is 12.3 Å². The van der Waals surface area contributed by atoms with Crippen LogP contribution in [-0.4, -0.2) is 35.4 Å². The van der Waals surface area contributed by atoms with E-state index in [1.807, 2.05) is 24.0 Å². The first-order valence-corrected chi connectivity index (χ1v) is 7.36. The van der Waals surface area contributed by atoms with Crippen molar-refractivity contribution in [1.82, 2.24) is 4.90 Å². The average Bonchev–Trinajstić information content (AvgIpc) is 3.07. The molecule has 1 unspecified atom stereocenters. The first kappa shape index (κ1) is 15.2. The molecular formula is C17H19F2NO2. The van der Waals surface area contributed by atoms with Crippen LogP contribution in [0.3, 0.4) is 0 Å². The topological polar surface area (TPSA) is 36.6 Å². The molecule has 0 aliphatic carbocycles. The molecule has 2 heterocycles. The number of hydrogen-bond acceptors (Lipinski definition) is 3. The van der Waals surface area contributed by atoms with Crippen LogP contribution in [0.1, 0.15) is 17.7 Å². The quantitative estimate of drug-likeness (QED) is 0.941. The maximum atomic E-state index is 14.0. The van der Waals surface area contributed by atoms with Crippen LogP contribution in [-0.2, 0) is 6.54 Å². The highest BCUT2D eigenvalue weighted by Gasteiger charge is 2.37. The van der Waals surface area contributed by atoms with Crippen LogP contribution in [0.15, 0.2) is 34.7 Å². The highest BCUT2D eigenvalue weighted by atomic mass is 19.1. The molecular weight excluding hydrogens is 288 g/mol. The van der Waals surface area contributed by atoms with Gasteiger partial charge in [-0.15, -0.1) is 0 Å². The Morgan fingerprint density at radius 2 is 2.14 bits per heavy atom. The Labute approximate surface area is 128 Å². The molecule has 1 aromatic carbocycles. The van der Waals surface area contributed by atoms with Gasteiger partial charge in [0, 0.05) is 18.7 Å². The first-order valence-electron chi connectivity index (χ1n) is 7.36. The Morgan fingerprint density at radius 3 is 2.82 bits per heavy atom.